The van der Waals surface area contributed by atoms with Gasteiger partial charge in [0, 0.05) is 5.92 Å². The SMILES string of the molecule is CC(C)C1CCC(c2noc(C(C)(N)C(F)(F)F)n2)CC1. The van der Waals surface area contributed by atoms with Crippen LogP contribution in [0.4, 0.5) is 13.2 Å². The zero-order chi connectivity index (χ0) is 15.8. The highest BCUT2D eigenvalue weighted by atomic mass is 19.4. The Morgan fingerprint density at radius 3 is 2.24 bits per heavy atom. The maximum atomic E-state index is 12.9. The van der Waals surface area contributed by atoms with Crippen molar-refractivity contribution in [1.82, 2.24) is 10.1 Å². The smallest absolute Gasteiger partial charge is 0.337 e. The molecule has 120 valence electrons. The molecule has 1 aliphatic carbocycles. The van der Waals surface area contributed by atoms with Gasteiger partial charge in [-0.2, -0.15) is 18.2 Å². The maximum Gasteiger partial charge on any atom is 0.415 e. The number of halogens is 3. The Bertz CT molecular complexity index is 474. The Labute approximate surface area is 122 Å². The monoisotopic (exact) mass is 305 g/mol. The molecule has 2 rings (SSSR count). The molecule has 21 heavy (non-hydrogen) atoms. The van der Waals surface area contributed by atoms with Gasteiger partial charge in [0.25, 0.3) is 5.89 Å². The minimum absolute atomic E-state index is 0.0709. The second-order valence-corrected chi connectivity index (χ2v) is 6.51. The predicted octanol–water partition coefficient (Wildman–Crippen LogP) is 3.74. The van der Waals surface area contributed by atoms with Crippen molar-refractivity contribution in [2.75, 3.05) is 0 Å². The predicted molar refractivity (Wildman–Crippen MR) is 71.4 cm³/mol. The van der Waals surface area contributed by atoms with Crippen LogP contribution in [0, 0.1) is 11.8 Å². The van der Waals surface area contributed by atoms with Crippen molar-refractivity contribution in [3.05, 3.63) is 11.7 Å². The van der Waals surface area contributed by atoms with Crippen LogP contribution in [0.5, 0.6) is 0 Å². The van der Waals surface area contributed by atoms with Gasteiger partial charge >= 0.3 is 6.18 Å². The number of nitrogens with two attached hydrogens (primary N) is 1. The van der Waals surface area contributed by atoms with Crippen molar-refractivity contribution in [3.8, 4) is 0 Å². The first kappa shape index (κ1) is 16.3. The standard InChI is InChI=1S/C14H22F3N3O/c1-8(2)9-4-6-10(7-5-9)11-19-12(21-20-11)13(3,18)14(15,16)17/h8-10H,4-7,18H2,1-3H3. The topological polar surface area (TPSA) is 64.9 Å². The van der Waals surface area contributed by atoms with E-state index >= 15 is 0 Å². The van der Waals surface area contributed by atoms with Crippen molar-refractivity contribution in [2.24, 2.45) is 17.6 Å². The van der Waals surface area contributed by atoms with Crippen molar-refractivity contribution in [3.63, 3.8) is 0 Å². The van der Waals surface area contributed by atoms with Gasteiger partial charge in [-0.3, -0.25) is 0 Å². The van der Waals surface area contributed by atoms with E-state index < -0.39 is 17.6 Å². The van der Waals surface area contributed by atoms with E-state index in [1.165, 1.54) is 0 Å². The van der Waals surface area contributed by atoms with Crippen LogP contribution in [-0.2, 0) is 5.54 Å². The fraction of sp³-hybridized carbons (Fsp3) is 0.857. The van der Waals surface area contributed by atoms with Gasteiger partial charge in [0.15, 0.2) is 11.4 Å². The number of rotatable bonds is 3. The highest BCUT2D eigenvalue weighted by Crippen LogP contribution is 2.39. The van der Waals surface area contributed by atoms with Gasteiger partial charge in [0.05, 0.1) is 0 Å². The quantitative estimate of drug-likeness (QED) is 0.924. The zero-order valence-electron chi connectivity index (χ0n) is 12.6. The van der Waals surface area contributed by atoms with Gasteiger partial charge in [-0.1, -0.05) is 19.0 Å². The second-order valence-electron chi connectivity index (χ2n) is 6.51. The highest BCUT2D eigenvalue weighted by molar-refractivity contribution is 5.07. The van der Waals surface area contributed by atoms with Gasteiger partial charge in [-0.15, -0.1) is 0 Å². The lowest BCUT2D eigenvalue weighted by atomic mass is 9.77. The van der Waals surface area contributed by atoms with Crippen LogP contribution in [0.2, 0.25) is 0 Å². The van der Waals surface area contributed by atoms with Crippen LogP contribution < -0.4 is 5.73 Å². The molecule has 1 atom stereocenters. The van der Waals surface area contributed by atoms with Gasteiger partial charge < -0.3 is 10.3 Å². The maximum absolute atomic E-state index is 12.9. The van der Waals surface area contributed by atoms with E-state index in [9.17, 15) is 13.2 Å². The molecule has 1 aliphatic rings. The molecular formula is C14H22F3N3O. The normalized spacial score (nSPS) is 26.9. The number of nitrogens with zero attached hydrogens (tertiary/aromatic N) is 2. The molecule has 0 radical (unpaired) electrons. The summed E-state index contributed by atoms with van der Waals surface area (Å²) in [7, 11) is 0. The summed E-state index contributed by atoms with van der Waals surface area (Å²) in [4.78, 5) is 3.92. The third-order valence-electron chi connectivity index (χ3n) is 4.55. The number of hydrogen-bond donors (Lipinski definition) is 1. The van der Waals surface area contributed by atoms with Crippen LogP contribution in [0.1, 0.15) is 64.1 Å². The average molecular weight is 305 g/mol. The lowest BCUT2D eigenvalue weighted by molar-refractivity contribution is -0.190. The number of hydrogen-bond acceptors (Lipinski definition) is 4. The van der Waals surface area contributed by atoms with Crippen LogP contribution in [-0.4, -0.2) is 16.3 Å². The molecule has 1 aromatic rings. The third-order valence-corrected chi connectivity index (χ3v) is 4.55. The first-order valence-corrected chi connectivity index (χ1v) is 7.32. The van der Waals surface area contributed by atoms with Crippen LogP contribution >= 0.6 is 0 Å². The lowest BCUT2D eigenvalue weighted by Crippen LogP contribution is -2.48. The fourth-order valence-electron chi connectivity index (χ4n) is 2.78. The number of aromatic nitrogens is 2. The summed E-state index contributed by atoms with van der Waals surface area (Å²) in [5, 5.41) is 3.72. The molecule has 1 aromatic heterocycles. The molecule has 7 heteroatoms. The van der Waals surface area contributed by atoms with Crippen molar-refractivity contribution in [2.45, 2.75) is 64.1 Å². The van der Waals surface area contributed by atoms with Crippen molar-refractivity contribution in [1.29, 1.82) is 0 Å². The fourth-order valence-corrected chi connectivity index (χ4v) is 2.78. The Balaban J connectivity index is 2.08. The van der Waals surface area contributed by atoms with Crippen molar-refractivity contribution >= 4 is 0 Å². The van der Waals surface area contributed by atoms with Crippen LogP contribution in [0.25, 0.3) is 0 Å². The van der Waals surface area contributed by atoms with E-state index in [0.29, 0.717) is 17.7 Å². The van der Waals surface area contributed by atoms with E-state index in [-0.39, 0.29) is 5.92 Å². The Hall–Kier alpha value is -1.11. The third kappa shape index (κ3) is 3.22. The molecule has 1 fully saturated rings. The second kappa shape index (κ2) is 5.59. The Morgan fingerprint density at radius 2 is 1.76 bits per heavy atom. The minimum atomic E-state index is -4.62. The largest absolute Gasteiger partial charge is 0.415 e. The molecule has 4 nitrogen and oxygen atoms in total. The molecule has 0 saturated heterocycles. The molecule has 0 aliphatic heterocycles. The van der Waals surface area contributed by atoms with E-state index in [1.54, 1.807) is 0 Å². The lowest BCUT2D eigenvalue weighted by Gasteiger charge is -2.29. The van der Waals surface area contributed by atoms with Gasteiger partial charge in [0.1, 0.15) is 0 Å². The van der Waals surface area contributed by atoms with Crippen molar-refractivity contribution < 1.29 is 17.7 Å². The summed E-state index contributed by atoms with van der Waals surface area (Å²) in [6.45, 7) is 5.24. The molecule has 2 N–H and O–H groups in total. The summed E-state index contributed by atoms with van der Waals surface area (Å²) in [6, 6.07) is 0. The molecule has 1 unspecified atom stereocenters. The minimum Gasteiger partial charge on any atom is -0.337 e. The molecule has 0 amide bonds. The van der Waals surface area contributed by atoms with Crippen LogP contribution in [0.15, 0.2) is 4.52 Å². The van der Waals surface area contributed by atoms with E-state index in [0.717, 1.165) is 32.6 Å². The summed E-state index contributed by atoms with van der Waals surface area (Å²) in [5.74, 6) is 1.16. The molecule has 0 spiro atoms. The van der Waals surface area contributed by atoms with Gasteiger partial charge in [-0.05, 0) is 44.4 Å². The van der Waals surface area contributed by atoms with E-state index in [4.69, 9.17) is 10.3 Å². The molecular weight excluding hydrogens is 283 g/mol. The first-order valence-electron chi connectivity index (χ1n) is 7.32. The first-order chi connectivity index (χ1) is 9.63. The summed E-state index contributed by atoms with van der Waals surface area (Å²) < 4.78 is 43.4. The molecule has 0 bridgehead atoms. The van der Waals surface area contributed by atoms with Crippen LogP contribution in [0.3, 0.4) is 0 Å². The number of alkyl halides is 3. The Morgan fingerprint density at radius 1 is 1.19 bits per heavy atom. The zero-order valence-corrected chi connectivity index (χ0v) is 12.6. The van der Waals surface area contributed by atoms with Gasteiger partial charge in [0.2, 0.25) is 0 Å². The summed E-state index contributed by atoms with van der Waals surface area (Å²) in [6.07, 6.45) is -0.757. The Kier molecular flexibility index (Phi) is 4.33. The average Bonchev–Trinajstić information content (AvgIpc) is 2.87. The highest BCUT2D eigenvalue weighted by Gasteiger charge is 2.53. The van der Waals surface area contributed by atoms with E-state index in [1.807, 2.05) is 0 Å². The summed E-state index contributed by atoms with van der Waals surface area (Å²) in [5.41, 5.74) is 2.69. The molecule has 0 aromatic carbocycles. The molecule has 1 saturated carbocycles. The molecule has 1 heterocycles. The van der Waals surface area contributed by atoms with E-state index in [2.05, 4.69) is 24.0 Å². The summed E-state index contributed by atoms with van der Waals surface area (Å²) >= 11 is 0. The van der Waals surface area contributed by atoms with Gasteiger partial charge in [-0.25, -0.2) is 0 Å².